The Kier molecular flexibility index (Phi) is 3.79. The normalized spacial score (nSPS) is 15.7. The van der Waals surface area contributed by atoms with Crippen LogP contribution in [0.3, 0.4) is 0 Å². The van der Waals surface area contributed by atoms with E-state index in [1.165, 1.54) is 17.4 Å². The van der Waals surface area contributed by atoms with Gasteiger partial charge in [0.2, 0.25) is 5.90 Å². The number of thiophene rings is 1. The Balaban J connectivity index is 2.03. The second kappa shape index (κ2) is 5.77. The molecular formula is C16H12N2O4S. The van der Waals surface area contributed by atoms with Gasteiger partial charge in [0.25, 0.3) is 5.69 Å². The summed E-state index contributed by atoms with van der Waals surface area (Å²) < 4.78 is 5.19. The topological polar surface area (TPSA) is 81.8 Å². The molecule has 7 heteroatoms. The summed E-state index contributed by atoms with van der Waals surface area (Å²) in [5, 5.41) is 12.9. The fraction of sp³-hybridized carbons (Fsp3) is 0.125. The van der Waals surface area contributed by atoms with Crippen LogP contribution < -0.4 is 0 Å². The number of nitro groups is 1. The molecule has 0 amide bonds. The monoisotopic (exact) mass is 328 g/mol. The molecular weight excluding hydrogens is 316 g/mol. The van der Waals surface area contributed by atoms with Crippen molar-refractivity contribution in [3.05, 3.63) is 67.0 Å². The number of cyclic esters (lactones) is 1. The van der Waals surface area contributed by atoms with Crippen molar-refractivity contribution in [2.75, 3.05) is 0 Å². The highest BCUT2D eigenvalue weighted by Crippen LogP contribution is 2.27. The highest BCUT2D eigenvalue weighted by atomic mass is 32.1. The van der Waals surface area contributed by atoms with Crippen LogP contribution >= 0.6 is 11.3 Å². The van der Waals surface area contributed by atoms with E-state index in [0.717, 1.165) is 10.4 Å². The van der Waals surface area contributed by atoms with E-state index in [0.29, 0.717) is 11.1 Å². The second-order valence-corrected chi connectivity index (χ2v) is 5.96. The molecule has 23 heavy (non-hydrogen) atoms. The van der Waals surface area contributed by atoms with Gasteiger partial charge >= 0.3 is 5.97 Å². The minimum absolute atomic E-state index is 0.0345. The number of aliphatic imine (C=N–C) groups is 1. The molecule has 1 aromatic carbocycles. The lowest BCUT2D eigenvalue weighted by atomic mass is 10.1. The predicted octanol–water partition coefficient (Wildman–Crippen LogP) is 3.62. The number of carbonyl (C=O) groups excluding carboxylic acids is 1. The van der Waals surface area contributed by atoms with Crippen molar-refractivity contribution in [1.82, 2.24) is 0 Å². The lowest BCUT2D eigenvalue weighted by molar-refractivity contribution is -0.385. The molecule has 1 aromatic heterocycles. The Morgan fingerprint density at radius 3 is 2.74 bits per heavy atom. The third-order valence-electron chi connectivity index (χ3n) is 3.52. The molecule has 3 rings (SSSR count). The van der Waals surface area contributed by atoms with Crippen LogP contribution in [0, 0.1) is 24.0 Å². The molecule has 0 bridgehead atoms. The molecule has 0 atom stereocenters. The van der Waals surface area contributed by atoms with Gasteiger partial charge in [-0.1, -0.05) is 6.07 Å². The van der Waals surface area contributed by atoms with Crippen LogP contribution in [-0.4, -0.2) is 16.8 Å². The molecule has 0 saturated carbocycles. The maximum Gasteiger partial charge on any atom is 0.363 e. The number of benzene rings is 1. The Labute approximate surface area is 135 Å². The lowest BCUT2D eigenvalue weighted by Gasteiger charge is -2.04. The second-order valence-electron chi connectivity index (χ2n) is 5.01. The predicted molar refractivity (Wildman–Crippen MR) is 87.5 cm³/mol. The van der Waals surface area contributed by atoms with Crippen LogP contribution in [0.25, 0.3) is 6.08 Å². The zero-order valence-electron chi connectivity index (χ0n) is 12.4. The van der Waals surface area contributed by atoms with Crippen molar-refractivity contribution in [3.63, 3.8) is 0 Å². The molecule has 0 spiro atoms. The summed E-state index contributed by atoms with van der Waals surface area (Å²) in [6, 6.07) is 6.55. The number of hydrogen-bond donors (Lipinski definition) is 0. The molecule has 0 unspecified atom stereocenters. The largest absolute Gasteiger partial charge is 0.402 e. The van der Waals surface area contributed by atoms with E-state index >= 15 is 0 Å². The van der Waals surface area contributed by atoms with Crippen molar-refractivity contribution in [3.8, 4) is 0 Å². The summed E-state index contributed by atoms with van der Waals surface area (Å²) >= 11 is 1.50. The van der Waals surface area contributed by atoms with Gasteiger partial charge in [0.05, 0.1) is 4.92 Å². The van der Waals surface area contributed by atoms with E-state index in [4.69, 9.17) is 4.74 Å². The van der Waals surface area contributed by atoms with Crippen LogP contribution in [0.15, 0.2) is 40.3 Å². The van der Waals surface area contributed by atoms with Gasteiger partial charge in [-0.3, -0.25) is 10.1 Å². The molecule has 116 valence electrons. The molecule has 0 radical (unpaired) electrons. The molecule has 2 heterocycles. The average molecular weight is 328 g/mol. The maximum absolute atomic E-state index is 12.0. The summed E-state index contributed by atoms with van der Waals surface area (Å²) in [6.45, 7) is 3.55. The van der Waals surface area contributed by atoms with Gasteiger partial charge < -0.3 is 4.74 Å². The quantitative estimate of drug-likeness (QED) is 0.373. The van der Waals surface area contributed by atoms with Gasteiger partial charge in [0, 0.05) is 22.1 Å². The SMILES string of the molecule is Cc1ccsc1/C=C1\N=C(c2cccc([N+](=O)[O-])c2C)OC1=O. The molecule has 6 nitrogen and oxygen atoms in total. The molecule has 0 fully saturated rings. The third-order valence-corrected chi connectivity index (χ3v) is 4.49. The first-order valence-electron chi connectivity index (χ1n) is 6.78. The van der Waals surface area contributed by atoms with Crippen LogP contribution in [0.2, 0.25) is 0 Å². The number of carbonyl (C=O) groups is 1. The number of nitro benzene ring substituents is 1. The summed E-state index contributed by atoms with van der Waals surface area (Å²) in [7, 11) is 0. The van der Waals surface area contributed by atoms with E-state index in [2.05, 4.69) is 4.99 Å². The smallest absolute Gasteiger partial charge is 0.363 e. The van der Waals surface area contributed by atoms with E-state index in [9.17, 15) is 14.9 Å². The first-order valence-corrected chi connectivity index (χ1v) is 7.66. The van der Waals surface area contributed by atoms with Gasteiger partial charge in [0.15, 0.2) is 5.70 Å². The lowest BCUT2D eigenvalue weighted by Crippen LogP contribution is -2.08. The first-order chi connectivity index (χ1) is 11.0. The van der Waals surface area contributed by atoms with E-state index in [-0.39, 0.29) is 17.3 Å². The van der Waals surface area contributed by atoms with Crippen LogP contribution in [0.1, 0.15) is 21.6 Å². The Bertz CT molecular complexity index is 880. The molecule has 2 aromatic rings. The van der Waals surface area contributed by atoms with Crippen LogP contribution in [0.4, 0.5) is 5.69 Å². The summed E-state index contributed by atoms with van der Waals surface area (Å²) in [6.07, 6.45) is 1.67. The molecule has 0 aliphatic carbocycles. The number of nitrogens with zero attached hydrogens (tertiary/aromatic N) is 2. The van der Waals surface area contributed by atoms with Crippen LogP contribution in [0.5, 0.6) is 0 Å². The fourth-order valence-electron chi connectivity index (χ4n) is 2.23. The Morgan fingerprint density at radius 1 is 1.30 bits per heavy atom. The van der Waals surface area contributed by atoms with E-state index in [1.54, 1.807) is 25.1 Å². The van der Waals surface area contributed by atoms with Crippen molar-refractivity contribution in [1.29, 1.82) is 0 Å². The summed E-state index contributed by atoms with van der Waals surface area (Å²) in [5.74, 6) is -0.463. The minimum Gasteiger partial charge on any atom is -0.402 e. The number of ether oxygens (including phenoxy) is 1. The highest BCUT2D eigenvalue weighted by Gasteiger charge is 2.27. The molecule has 0 N–H and O–H groups in total. The third kappa shape index (κ3) is 2.78. The molecule has 0 saturated heterocycles. The minimum atomic E-state index is -0.557. The van der Waals surface area contributed by atoms with E-state index in [1.807, 2.05) is 18.4 Å². The van der Waals surface area contributed by atoms with Crippen molar-refractivity contribution < 1.29 is 14.5 Å². The van der Waals surface area contributed by atoms with Gasteiger partial charge in [-0.2, -0.15) is 0 Å². The number of rotatable bonds is 3. The van der Waals surface area contributed by atoms with Crippen molar-refractivity contribution in [2.24, 2.45) is 4.99 Å². The number of esters is 1. The fourth-order valence-corrected chi connectivity index (χ4v) is 3.09. The van der Waals surface area contributed by atoms with Gasteiger partial charge in [-0.25, -0.2) is 9.79 Å². The summed E-state index contributed by atoms with van der Waals surface area (Å²) in [4.78, 5) is 27.7. The van der Waals surface area contributed by atoms with Gasteiger partial charge in [-0.15, -0.1) is 11.3 Å². The van der Waals surface area contributed by atoms with E-state index < -0.39 is 10.9 Å². The average Bonchev–Trinajstić information content (AvgIpc) is 3.06. The van der Waals surface area contributed by atoms with Crippen molar-refractivity contribution in [2.45, 2.75) is 13.8 Å². The highest BCUT2D eigenvalue weighted by molar-refractivity contribution is 7.11. The Hall–Kier alpha value is -2.80. The zero-order chi connectivity index (χ0) is 16.6. The molecule has 1 aliphatic rings. The van der Waals surface area contributed by atoms with Gasteiger partial charge in [0.1, 0.15) is 0 Å². The van der Waals surface area contributed by atoms with Gasteiger partial charge in [-0.05, 0) is 43.0 Å². The van der Waals surface area contributed by atoms with Crippen molar-refractivity contribution >= 4 is 35.0 Å². The number of hydrogen-bond acceptors (Lipinski definition) is 6. The first kappa shape index (κ1) is 15.1. The summed E-state index contributed by atoms with van der Waals surface area (Å²) in [5.41, 5.74) is 2.06. The number of aryl methyl sites for hydroxylation is 1. The van der Waals surface area contributed by atoms with Crippen LogP contribution in [-0.2, 0) is 9.53 Å². The zero-order valence-corrected chi connectivity index (χ0v) is 13.2. The Morgan fingerprint density at radius 2 is 2.09 bits per heavy atom. The maximum atomic E-state index is 12.0. The molecule has 1 aliphatic heterocycles. The standard InChI is InChI=1S/C16H12N2O4S/c1-9-6-7-23-14(9)8-12-16(19)22-15(17-12)11-4-3-5-13(10(11)2)18(20)21/h3-8H,1-2H3/b12-8-.